The minimum Gasteiger partial charge on any atom is -0.392 e. The average molecular weight is 455 g/mol. The molecule has 0 amide bonds. The SMILES string of the molecule is O=C1OC(=O)C2C(c3ccccc3)=C(c3ccccc3)C(c3ccccc3)=C(c3ccccc3)C12. The van der Waals surface area contributed by atoms with Crippen LogP contribution in [0.25, 0.3) is 22.3 Å². The summed E-state index contributed by atoms with van der Waals surface area (Å²) >= 11 is 0. The normalized spacial score (nSPS) is 19.5. The van der Waals surface area contributed by atoms with Gasteiger partial charge in [0.2, 0.25) is 0 Å². The molecule has 1 aliphatic carbocycles. The van der Waals surface area contributed by atoms with E-state index in [2.05, 4.69) is 24.3 Å². The second-order valence-corrected chi connectivity index (χ2v) is 8.74. The summed E-state index contributed by atoms with van der Waals surface area (Å²) in [6, 6.07) is 40.0. The summed E-state index contributed by atoms with van der Waals surface area (Å²) in [6.45, 7) is 0. The van der Waals surface area contributed by atoms with Crippen LogP contribution in [0.2, 0.25) is 0 Å². The van der Waals surface area contributed by atoms with Crippen LogP contribution >= 0.6 is 0 Å². The van der Waals surface area contributed by atoms with Crippen molar-refractivity contribution in [3.05, 3.63) is 144 Å². The summed E-state index contributed by atoms with van der Waals surface area (Å²) in [5, 5.41) is 0. The maximum atomic E-state index is 13.3. The van der Waals surface area contributed by atoms with Gasteiger partial charge in [0, 0.05) is 0 Å². The summed E-state index contributed by atoms with van der Waals surface area (Å²) in [6.07, 6.45) is 0. The van der Waals surface area contributed by atoms with Gasteiger partial charge >= 0.3 is 11.9 Å². The average Bonchev–Trinajstić information content (AvgIpc) is 3.22. The first-order chi connectivity index (χ1) is 17.2. The van der Waals surface area contributed by atoms with E-state index in [9.17, 15) is 9.59 Å². The summed E-state index contributed by atoms with van der Waals surface area (Å²) in [7, 11) is 0. The lowest BCUT2D eigenvalue weighted by Crippen LogP contribution is -2.26. The number of carbonyl (C=O) groups excluding carboxylic acids is 2. The third-order valence-electron chi connectivity index (χ3n) is 6.75. The van der Waals surface area contributed by atoms with Crippen LogP contribution in [0.15, 0.2) is 121 Å². The molecule has 168 valence electrons. The molecule has 3 heteroatoms. The van der Waals surface area contributed by atoms with Gasteiger partial charge in [0.15, 0.2) is 0 Å². The molecule has 1 aliphatic heterocycles. The molecule has 6 rings (SSSR count). The van der Waals surface area contributed by atoms with Crippen LogP contribution in [-0.2, 0) is 14.3 Å². The van der Waals surface area contributed by atoms with E-state index in [-0.39, 0.29) is 0 Å². The lowest BCUT2D eigenvalue weighted by Gasteiger charge is -2.33. The Labute approximate surface area is 204 Å². The first-order valence-electron chi connectivity index (χ1n) is 11.7. The number of hydrogen-bond donors (Lipinski definition) is 0. The molecular formula is C32H22O3. The van der Waals surface area contributed by atoms with Gasteiger partial charge in [-0.15, -0.1) is 0 Å². The van der Waals surface area contributed by atoms with Gasteiger partial charge in [0.1, 0.15) is 11.8 Å². The van der Waals surface area contributed by atoms with Crippen molar-refractivity contribution in [1.82, 2.24) is 0 Å². The first kappa shape index (κ1) is 21.1. The predicted molar refractivity (Wildman–Crippen MR) is 137 cm³/mol. The molecule has 0 N–H and O–H groups in total. The van der Waals surface area contributed by atoms with Crippen molar-refractivity contribution in [1.29, 1.82) is 0 Å². The van der Waals surface area contributed by atoms with Gasteiger partial charge in [0.25, 0.3) is 0 Å². The fourth-order valence-corrected chi connectivity index (χ4v) is 5.34. The van der Waals surface area contributed by atoms with Crippen molar-refractivity contribution in [2.45, 2.75) is 0 Å². The zero-order valence-electron chi connectivity index (χ0n) is 18.9. The molecule has 4 aromatic rings. The summed E-state index contributed by atoms with van der Waals surface area (Å²) in [5.41, 5.74) is 7.37. The lowest BCUT2D eigenvalue weighted by molar-refractivity contribution is -0.153. The number of cyclic esters (lactones) is 2. The van der Waals surface area contributed by atoms with Crippen LogP contribution in [0, 0.1) is 11.8 Å². The number of benzene rings is 4. The number of rotatable bonds is 4. The zero-order chi connectivity index (χ0) is 23.8. The molecule has 4 aromatic carbocycles. The molecule has 0 saturated carbocycles. The fraction of sp³-hybridized carbons (Fsp3) is 0.0625. The maximum absolute atomic E-state index is 13.3. The van der Waals surface area contributed by atoms with Gasteiger partial charge in [-0.3, -0.25) is 9.59 Å². The summed E-state index contributed by atoms with van der Waals surface area (Å²) in [4.78, 5) is 26.6. The van der Waals surface area contributed by atoms with Crippen LogP contribution in [0.1, 0.15) is 22.3 Å². The Hall–Kier alpha value is -4.50. The van der Waals surface area contributed by atoms with Gasteiger partial charge in [0.05, 0.1) is 0 Å². The number of allylic oxidation sites excluding steroid dienone is 2. The van der Waals surface area contributed by atoms with Crippen molar-refractivity contribution in [2.24, 2.45) is 11.8 Å². The molecule has 0 aromatic heterocycles. The van der Waals surface area contributed by atoms with Crippen molar-refractivity contribution in [2.75, 3.05) is 0 Å². The molecule has 1 fully saturated rings. The van der Waals surface area contributed by atoms with E-state index >= 15 is 0 Å². The van der Waals surface area contributed by atoms with Crippen molar-refractivity contribution >= 4 is 34.2 Å². The van der Waals surface area contributed by atoms with E-state index in [1.165, 1.54) is 0 Å². The van der Waals surface area contributed by atoms with Gasteiger partial charge in [-0.05, 0) is 44.5 Å². The van der Waals surface area contributed by atoms with Gasteiger partial charge in [-0.25, -0.2) is 0 Å². The van der Waals surface area contributed by atoms with Crippen molar-refractivity contribution in [3.8, 4) is 0 Å². The Morgan fingerprint density at radius 1 is 0.400 bits per heavy atom. The minimum absolute atomic E-state index is 0.493. The number of esters is 2. The third-order valence-corrected chi connectivity index (χ3v) is 6.75. The van der Waals surface area contributed by atoms with Crippen LogP contribution in [0.3, 0.4) is 0 Å². The topological polar surface area (TPSA) is 43.4 Å². The molecule has 2 aliphatic rings. The quantitative estimate of drug-likeness (QED) is 0.260. The maximum Gasteiger partial charge on any atom is 0.322 e. The molecule has 1 saturated heterocycles. The Kier molecular flexibility index (Phi) is 5.23. The number of ether oxygens (including phenoxy) is 1. The van der Waals surface area contributed by atoms with Crippen molar-refractivity contribution in [3.63, 3.8) is 0 Å². The van der Waals surface area contributed by atoms with Crippen LogP contribution in [0.4, 0.5) is 0 Å². The molecule has 3 nitrogen and oxygen atoms in total. The first-order valence-corrected chi connectivity index (χ1v) is 11.7. The minimum atomic E-state index is -0.720. The largest absolute Gasteiger partial charge is 0.392 e. The van der Waals surface area contributed by atoms with E-state index in [4.69, 9.17) is 4.74 Å². The van der Waals surface area contributed by atoms with E-state index < -0.39 is 23.8 Å². The Morgan fingerprint density at radius 3 is 1.00 bits per heavy atom. The van der Waals surface area contributed by atoms with E-state index in [0.29, 0.717) is 0 Å². The lowest BCUT2D eigenvalue weighted by atomic mass is 9.66. The third kappa shape index (κ3) is 3.53. The predicted octanol–water partition coefficient (Wildman–Crippen LogP) is 6.54. The second-order valence-electron chi connectivity index (χ2n) is 8.74. The molecular weight excluding hydrogens is 432 g/mol. The molecule has 0 radical (unpaired) electrons. The second kappa shape index (κ2) is 8.69. The molecule has 0 spiro atoms. The molecule has 2 unspecified atom stereocenters. The monoisotopic (exact) mass is 454 g/mol. The highest BCUT2D eigenvalue weighted by Gasteiger charge is 2.53. The highest BCUT2D eigenvalue weighted by Crippen LogP contribution is 2.56. The Morgan fingerprint density at radius 2 is 0.686 bits per heavy atom. The molecule has 35 heavy (non-hydrogen) atoms. The number of fused-ring (bicyclic) bond motifs is 1. The van der Waals surface area contributed by atoms with E-state index in [1.54, 1.807) is 0 Å². The standard InChI is InChI=1S/C32H22O3/c33-31-29-27(23-17-9-3-10-18-23)25(21-13-5-1-6-14-21)26(22-15-7-2-8-16-22)28(30(29)32(34)35-31)24-19-11-4-12-20-24/h1-20,29-30H. The van der Waals surface area contributed by atoms with Crippen molar-refractivity contribution < 1.29 is 14.3 Å². The molecule has 1 heterocycles. The Balaban J connectivity index is 1.81. The highest BCUT2D eigenvalue weighted by atomic mass is 16.6. The van der Waals surface area contributed by atoms with Gasteiger partial charge in [-0.2, -0.15) is 0 Å². The summed E-state index contributed by atoms with van der Waals surface area (Å²) in [5.74, 6) is -2.42. The van der Waals surface area contributed by atoms with E-state index in [0.717, 1.165) is 44.5 Å². The van der Waals surface area contributed by atoms with Gasteiger partial charge in [-0.1, -0.05) is 121 Å². The van der Waals surface area contributed by atoms with Crippen LogP contribution in [0.5, 0.6) is 0 Å². The highest BCUT2D eigenvalue weighted by molar-refractivity contribution is 6.30. The summed E-state index contributed by atoms with van der Waals surface area (Å²) < 4.78 is 5.33. The smallest absolute Gasteiger partial charge is 0.322 e. The number of hydrogen-bond acceptors (Lipinski definition) is 3. The Bertz CT molecular complexity index is 1350. The number of carbonyl (C=O) groups is 2. The fourth-order valence-electron chi connectivity index (χ4n) is 5.34. The zero-order valence-corrected chi connectivity index (χ0v) is 18.9. The molecule has 2 atom stereocenters. The van der Waals surface area contributed by atoms with Crippen LogP contribution in [-0.4, -0.2) is 11.9 Å². The molecule has 0 bridgehead atoms. The van der Waals surface area contributed by atoms with E-state index in [1.807, 2.05) is 97.1 Å². The van der Waals surface area contributed by atoms with Crippen LogP contribution < -0.4 is 0 Å². The van der Waals surface area contributed by atoms with Gasteiger partial charge < -0.3 is 4.74 Å².